The molecule has 3 aromatic rings. The second kappa shape index (κ2) is 8.05. The van der Waals surface area contributed by atoms with Gasteiger partial charge in [-0.25, -0.2) is 4.39 Å². The first-order valence-corrected chi connectivity index (χ1v) is 7.87. The highest BCUT2D eigenvalue weighted by atomic mass is 19.1. The number of halogens is 1. The minimum atomic E-state index is -0.310. The number of rotatable bonds is 7. The lowest BCUT2D eigenvalue weighted by Crippen LogP contribution is -2.13. The Balaban J connectivity index is 1.42. The molecule has 7 heteroatoms. The lowest BCUT2D eigenvalue weighted by Gasteiger charge is -2.05. The predicted octanol–water partition coefficient (Wildman–Crippen LogP) is 3.20. The molecule has 0 atom stereocenters. The molecule has 0 unspecified atom stereocenters. The zero-order valence-corrected chi connectivity index (χ0v) is 13.4. The van der Waals surface area contributed by atoms with Crippen LogP contribution in [0.25, 0.3) is 5.69 Å². The summed E-state index contributed by atoms with van der Waals surface area (Å²) in [5.74, 6) is 0.499. The molecule has 0 radical (unpaired) electrons. The minimum absolute atomic E-state index is 0.164. The van der Waals surface area contributed by atoms with Crippen molar-refractivity contribution >= 4 is 11.7 Å². The number of ether oxygens (including phenoxy) is 1. The maximum atomic E-state index is 12.8. The second-order valence-electron chi connectivity index (χ2n) is 5.31. The molecule has 0 spiro atoms. The molecule has 1 amide bonds. The highest BCUT2D eigenvalue weighted by molar-refractivity contribution is 5.89. The summed E-state index contributed by atoms with van der Waals surface area (Å²) < 4.78 is 18.2. The Bertz CT molecular complexity index is 819. The van der Waals surface area contributed by atoms with E-state index in [1.807, 2.05) is 30.3 Å². The first-order valence-electron chi connectivity index (χ1n) is 7.87. The summed E-state index contributed by atoms with van der Waals surface area (Å²) in [4.78, 5) is 13.4. The number of anilines is 1. The summed E-state index contributed by atoms with van der Waals surface area (Å²) in [5, 5.41) is 11.0. The highest BCUT2D eigenvalue weighted by Gasteiger charge is 2.07. The van der Waals surface area contributed by atoms with Crippen LogP contribution in [0.5, 0.6) is 5.75 Å². The quantitative estimate of drug-likeness (QED) is 0.671. The van der Waals surface area contributed by atoms with Gasteiger partial charge in [-0.2, -0.15) is 5.10 Å². The van der Waals surface area contributed by atoms with Gasteiger partial charge >= 0.3 is 0 Å². The Labute approximate surface area is 144 Å². The lowest BCUT2D eigenvalue weighted by molar-refractivity contribution is -0.116. The fourth-order valence-electron chi connectivity index (χ4n) is 2.16. The topological polar surface area (TPSA) is 69.0 Å². The van der Waals surface area contributed by atoms with E-state index in [4.69, 9.17) is 4.74 Å². The van der Waals surface area contributed by atoms with Crippen LogP contribution in [-0.2, 0) is 4.79 Å². The van der Waals surface area contributed by atoms with Crippen molar-refractivity contribution in [3.8, 4) is 11.4 Å². The summed E-state index contributed by atoms with van der Waals surface area (Å²) in [6.07, 6.45) is 2.33. The standard InChI is InChI=1S/C18H17FN4O2/c19-14-8-10-16(11-9-14)25-12-4-7-18(24)21-17-13-20-23(22-17)15-5-2-1-3-6-15/h1-3,5-6,8-11,13H,4,7,12H2,(H,21,22,24). The van der Waals surface area contributed by atoms with E-state index >= 15 is 0 Å². The van der Waals surface area contributed by atoms with Crippen LogP contribution < -0.4 is 10.1 Å². The monoisotopic (exact) mass is 340 g/mol. The van der Waals surface area contributed by atoms with Crippen LogP contribution in [0.4, 0.5) is 10.2 Å². The van der Waals surface area contributed by atoms with Crippen molar-refractivity contribution in [2.75, 3.05) is 11.9 Å². The number of carbonyl (C=O) groups excluding carboxylic acids is 1. The van der Waals surface area contributed by atoms with E-state index in [0.717, 1.165) is 5.69 Å². The number of nitrogens with one attached hydrogen (secondary N) is 1. The van der Waals surface area contributed by atoms with Crippen LogP contribution in [0.2, 0.25) is 0 Å². The van der Waals surface area contributed by atoms with Gasteiger partial charge in [0.1, 0.15) is 11.6 Å². The van der Waals surface area contributed by atoms with E-state index in [-0.39, 0.29) is 11.7 Å². The molecular formula is C18H17FN4O2. The number of para-hydroxylation sites is 1. The van der Waals surface area contributed by atoms with E-state index in [0.29, 0.717) is 31.0 Å². The summed E-state index contributed by atoms with van der Waals surface area (Å²) in [6.45, 7) is 0.371. The van der Waals surface area contributed by atoms with Crippen molar-refractivity contribution in [2.24, 2.45) is 0 Å². The van der Waals surface area contributed by atoms with Crippen LogP contribution in [0.3, 0.4) is 0 Å². The molecule has 0 bridgehead atoms. The maximum absolute atomic E-state index is 12.8. The predicted molar refractivity (Wildman–Crippen MR) is 91.1 cm³/mol. The fraction of sp³-hybridized carbons (Fsp3) is 0.167. The third kappa shape index (κ3) is 4.87. The van der Waals surface area contributed by atoms with E-state index in [1.54, 1.807) is 12.1 Å². The first-order chi connectivity index (χ1) is 12.2. The Morgan fingerprint density at radius 3 is 2.64 bits per heavy atom. The van der Waals surface area contributed by atoms with Gasteiger partial charge in [-0.05, 0) is 42.8 Å². The Morgan fingerprint density at radius 2 is 1.88 bits per heavy atom. The number of hydrogen-bond acceptors (Lipinski definition) is 4. The maximum Gasteiger partial charge on any atom is 0.225 e. The molecule has 0 aliphatic carbocycles. The van der Waals surface area contributed by atoms with Crippen LogP contribution in [-0.4, -0.2) is 27.5 Å². The number of carbonyl (C=O) groups is 1. The third-order valence-corrected chi connectivity index (χ3v) is 3.38. The van der Waals surface area contributed by atoms with Gasteiger partial charge in [-0.1, -0.05) is 18.2 Å². The molecule has 1 heterocycles. The Hall–Kier alpha value is -3.22. The van der Waals surface area contributed by atoms with Crippen molar-refractivity contribution in [1.29, 1.82) is 0 Å². The van der Waals surface area contributed by atoms with Gasteiger partial charge in [0.2, 0.25) is 5.91 Å². The molecule has 128 valence electrons. The largest absolute Gasteiger partial charge is 0.494 e. The molecule has 25 heavy (non-hydrogen) atoms. The van der Waals surface area contributed by atoms with Crippen molar-refractivity contribution in [3.05, 3.63) is 66.6 Å². The van der Waals surface area contributed by atoms with Crippen molar-refractivity contribution < 1.29 is 13.9 Å². The molecule has 1 aromatic heterocycles. The van der Waals surface area contributed by atoms with E-state index < -0.39 is 0 Å². The highest BCUT2D eigenvalue weighted by Crippen LogP contribution is 2.12. The Morgan fingerprint density at radius 1 is 1.12 bits per heavy atom. The molecule has 2 aromatic carbocycles. The zero-order chi connectivity index (χ0) is 17.5. The van der Waals surface area contributed by atoms with Crippen molar-refractivity contribution in [2.45, 2.75) is 12.8 Å². The average Bonchev–Trinajstić information content (AvgIpc) is 3.09. The number of amides is 1. The summed E-state index contributed by atoms with van der Waals surface area (Å²) in [7, 11) is 0. The van der Waals surface area contributed by atoms with Crippen LogP contribution in [0.15, 0.2) is 60.8 Å². The van der Waals surface area contributed by atoms with E-state index in [1.165, 1.54) is 23.1 Å². The van der Waals surface area contributed by atoms with E-state index in [2.05, 4.69) is 15.5 Å². The lowest BCUT2D eigenvalue weighted by atomic mass is 10.3. The third-order valence-electron chi connectivity index (χ3n) is 3.38. The molecule has 0 aliphatic rings. The second-order valence-corrected chi connectivity index (χ2v) is 5.31. The van der Waals surface area contributed by atoms with Gasteiger partial charge in [-0.15, -0.1) is 9.90 Å². The van der Waals surface area contributed by atoms with Gasteiger partial charge in [0, 0.05) is 6.42 Å². The number of hydrogen-bond donors (Lipinski definition) is 1. The molecule has 0 fully saturated rings. The normalized spacial score (nSPS) is 10.4. The van der Waals surface area contributed by atoms with Gasteiger partial charge in [0.05, 0.1) is 18.5 Å². The minimum Gasteiger partial charge on any atom is -0.494 e. The zero-order valence-electron chi connectivity index (χ0n) is 13.4. The molecule has 0 saturated carbocycles. The summed E-state index contributed by atoms with van der Waals surface area (Å²) in [6, 6.07) is 15.2. The molecule has 0 aliphatic heterocycles. The molecule has 0 saturated heterocycles. The average molecular weight is 340 g/mol. The smallest absolute Gasteiger partial charge is 0.225 e. The number of aromatic nitrogens is 3. The SMILES string of the molecule is O=C(CCCOc1ccc(F)cc1)Nc1cnn(-c2ccccc2)n1. The van der Waals surface area contributed by atoms with Crippen LogP contribution >= 0.6 is 0 Å². The summed E-state index contributed by atoms with van der Waals surface area (Å²) in [5.41, 5.74) is 0.815. The molecular weight excluding hydrogens is 323 g/mol. The van der Waals surface area contributed by atoms with Gasteiger partial charge in [0.25, 0.3) is 0 Å². The van der Waals surface area contributed by atoms with Gasteiger partial charge in [0.15, 0.2) is 5.82 Å². The number of benzene rings is 2. The van der Waals surface area contributed by atoms with Crippen molar-refractivity contribution in [3.63, 3.8) is 0 Å². The Kier molecular flexibility index (Phi) is 5.36. The number of nitrogens with zero attached hydrogens (tertiary/aromatic N) is 3. The molecule has 1 N–H and O–H groups in total. The van der Waals surface area contributed by atoms with Crippen LogP contribution in [0, 0.1) is 5.82 Å². The van der Waals surface area contributed by atoms with Gasteiger partial charge in [-0.3, -0.25) is 4.79 Å². The molecule has 3 rings (SSSR count). The van der Waals surface area contributed by atoms with E-state index in [9.17, 15) is 9.18 Å². The summed E-state index contributed by atoms with van der Waals surface area (Å²) >= 11 is 0. The van der Waals surface area contributed by atoms with Gasteiger partial charge < -0.3 is 10.1 Å². The fourth-order valence-corrected chi connectivity index (χ4v) is 2.16. The van der Waals surface area contributed by atoms with Crippen molar-refractivity contribution in [1.82, 2.24) is 15.0 Å². The molecule has 6 nitrogen and oxygen atoms in total. The first kappa shape index (κ1) is 16.6. The van der Waals surface area contributed by atoms with Crippen LogP contribution in [0.1, 0.15) is 12.8 Å².